The fraction of sp³-hybridized carbons (Fsp3) is 0.812. The topological polar surface area (TPSA) is 78.5 Å². The predicted molar refractivity (Wildman–Crippen MR) is 109 cm³/mol. The van der Waals surface area contributed by atoms with Crippen LogP contribution in [0.5, 0.6) is 0 Å². The third kappa shape index (κ3) is 11.1. The van der Waals surface area contributed by atoms with E-state index >= 15 is 0 Å². The van der Waals surface area contributed by atoms with Gasteiger partial charge in [-0.05, 0) is 32.1 Å². The number of carbonyl (C=O) groups excluding carboxylic acids is 3. The van der Waals surface area contributed by atoms with Crippen LogP contribution in [0.3, 0.4) is 0 Å². The van der Waals surface area contributed by atoms with Gasteiger partial charge in [-0.2, -0.15) is 0 Å². The SMILES string of the molecule is BNC(=O)[C@H](CCCCNC(=O)CCCCC(=O)C(C)(C)C)N(B)B. The summed E-state index contributed by atoms with van der Waals surface area (Å²) in [5, 5.41) is 5.59. The van der Waals surface area contributed by atoms with Gasteiger partial charge in [0, 0.05) is 24.8 Å². The second kappa shape index (κ2) is 12.2. The van der Waals surface area contributed by atoms with E-state index in [1.54, 1.807) is 7.98 Å². The first-order valence-corrected chi connectivity index (χ1v) is 9.27. The van der Waals surface area contributed by atoms with Gasteiger partial charge in [-0.1, -0.05) is 20.8 Å². The Bertz CT molecular complexity index is 440. The molecule has 0 heterocycles. The molecule has 0 rings (SSSR count). The van der Waals surface area contributed by atoms with E-state index in [2.05, 4.69) is 10.5 Å². The molecule has 0 radical (unpaired) electrons. The van der Waals surface area contributed by atoms with E-state index in [9.17, 15) is 14.4 Å². The van der Waals surface area contributed by atoms with Gasteiger partial charge in [-0.25, -0.2) is 0 Å². The fourth-order valence-corrected chi connectivity index (χ4v) is 2.52. The Labute approximate surface area is 155 Å². The third-order valence-corrected chi connectivity index (χ3v) is 4.29. The van der Waals surface area contributed by atoms with E-state index in [4.69, 9.17) is 0 Å². The van der Waals surface area contributed by atoms with Gasteiger partial charge < -0.3 is 15.3 Å². The maximum Gasteiger partial charge on any atom is 0.222 e. The van der Waals surface area contributed by atoms with Crippen molar-refractivity contribution in [2.45, 2.75) is 71.8 Å². The number of Topliss-reactive ketones (excluding diaryl/α,β-unsaturated/α-hetero) is 1. The van der Waals surface area contributed by atoms with Crippen LogP contribution in [0.25, 0.3) is 0 Å². The summed E-state index contributed by atoms with van der Waals surface area (Å²) in [5.41, 5.74) is -0.290. The van der Waals surface area contributed by atoms with Crippen LogP contribution in [-0.2, 0) is 14.4 Å². The Kier molecular flexibility index (Phi) is 11.6. The average Bonchev–Trinajstić information content (AvgIpc) is 2.52. The normalized spacial score (nSPS) is 12.6. The molecule has 0 aromatic carbocycles. The molecule has 0 aliphatic rings. The largest absolute Gasteiger partial charge is 0.405 e. The zero-order chi connectivity index (χ0) is 19.5. The molecule has 140 valence electrons. The molecule has 0 saturated heterocycles. The Balaban J connectivity index is 3.77. The van der Waals surface area contributed by atoms with Crippen molar-refractivity contribution in [3.05, 3.63) is 0 Å². The van der Waals surface area contributed by atoms with Crippen molar-refractivity contribution in [3.8, 4) is 0 Å². The number of hydrogen-bond donors (Lipinski definition) is 2. The molecule has 1 atom stereocenters. The summed E-state index contributed by atoms with van der Waals surface area (Å²) < 4.78 is 1.91. The summed E-state index contributed by atoms with van der Waals surface area (Å²) in [4.78, 5) is 35.3. The van der Waals surface area contributed by atoms with Gasteiger partial charge in [-0.15, -0.1) is 0 Å². The molecule has 25 heavy (non-hydrogen) atoms. The van der Waals surface area contributed by atoms with Gasteiger partial charge in [0.05, 0.1) is 6.04 Å². The highest BCUT2D eigenvalue weighted by molar-refractivity contribution is 6.27. The number of nitrogens with zero attached hydrogens (tertiary/aromatic N) is 1. The summed E-state index contributed by atoms with van der Waals surface area (Å²) >= 11 is 0. The van der Waals surface area contributed by atoms with Crippen molar-refractivity contribution >= 4 is 41.5 Å². The Morgan fingerprint density at radius 3 is 2.12 bits per heavy atom. The standard InChI is InChI=1S/C16H34B3N3O3/c1-16(2,3)13(23)9-4-5-10-14(24)20-11-7-6-8-12(22(18)19)15(25)21-17/h12H,4-11,17-19H2,1-3H3,(H,20,24)(H,21,25)/t12-/m0/s1. The monoisotopic (exact) mass is 349 g/mol. The van der Waals surface area contributed by atoms with Crippen molar-refractivity contribution in [2.75, 3.05) is 6.54 Å². The second-order valence-electron chi connectivity index (χ2n) is 7.82. The van der Waals surface area contributed by atoms with Crippen molar-refractivity contribution in [1.82, 2.24) is 15.3 Å². The molecule has 6 nitrogen and oxygen atoms in total. The van der Waals surface area contributed by atoms with E-state index in [-0.39, 0.29) is 29.1 Å². The molecule has 0 aromatic rings. The van der Waals surface area contributed by atoms with Crippen LogP contribution >= 0.6 is 0 Å². The van der Waals surface area contributed by atoms with Crippen LogP contribution in [0.2, 0.25) is 0 Å². The maximum absolute atomic E-state index is 11.8. The van der Waals surface area contributed by atoms with Crippen molar-refractivity contribution in [1.29, 1.82) is 0 Å². The minimum absolute atomic E-state index is 0.0267. The molecular weight excluding hydrogens is 315 g/mol. The van der Waals surface area contributed by atoms with Gasteiger partial charge >= 0.3 is 0 Å². The molecule has 0 aromatic heterocycles. The lowest BCUT2D eigenvalue weighted by Crippen LogP contribution is -2.44. The number of carbonyl (C=O) groups is 3. The van der Waals surface area contributed by atoms with E-state index in [1.165, 1.54) is 0 Å². The highest BCUT2D eigenvalue weighted by atomic mass is 16.2. The number of unbranched alkanes of at least 4 members (excludes halogenated alkanes) is 2. The van der Waals surface area contributed by atoms with Crippen molar-refractivity contribution in [3.63, 3.8) is 0 Å². The van der Waals surface area contributed by atoms with Crippen LogP contribution in [0.4, 0.5) is 0 Å². The van der Waals surface area contributed by atoms with E-state index < -0.39 is 0 Å². The highest BCUT2D eigenvalue weighted by Gasteiger charge is 2.20. The van der Waals surface area contributed by atoms with Gasteiger partial charge in [0.15, 0.2) is 16.0 Å². The minimum Gasteiger partial charge on any atom is -0.405 e. The minimum atomic E-state index is -0.290. The zero-order valence-corrected chi connectivity index (χ0v) is 16.9. The molecule has 2 N–H and O–H groups in total. The van der Waals surface area contributed by atoms with Crippen molar-refractivity contribution < 1.29 is 14.4 Å². The quantitative estimate of drug-likeness (QED) is 0.346. The maximum atomic E-state index is 11.8. The van der Waals surface area contributed by atoms with E-state index in [0.29, 0.717) is 19.4 Å². The number of ketones is 1. The molecule has 9 heteroatoms. The number of rotatable bonds is 12. The van der Waals surface area contributed by atoms with Crippen LogP contribution in [0.1, 0.15) is 65.7 Å². The first-order valence-electron chi connectivity index (χ1n) is 9.27. The molecular formula is C16H34B3N3O3. The molecule has 0 saturated carbocycles. The molecule has 0 aliphatic carbocycles. The zero-order valence-electron chi connectivity index (χ0n) is 16.9. The third-order valence-electron chi connectivity index (χ3n) is 4.29. The summed E-state index contributed by atoms with van der Waals surface area (Å²) in [6.07, 6.45) is 5.04. The van der Waals surface area contributed by atoms with E-state index in [1.807, 2.05) is 41.5 Å². The average molecular weight is 349 g/mol. The number of amides is 2. The summed E-state index contributed by atoms with van der Waals surface area (Å²) in [5.74, 6) is 0.317. The molecule has 2 amide bonds. The van der Waals surface area contributed by atoms with Crippen LogP contribution < -0.4 is 10.5 Å². The molecule has 0 unspecified atom stereocenters. The van der Waals surface area contributed by atoms with Gasteiger partial charge in [0.2, 0.25) is 19.8 Å². The summed E-state index contributed by atoms with van der Waals surface area (Å²) in [7, 11) is 5.44. The second-order valence-corrected chi connectivity index (χ2v) is 7.82. The summed E-state index contributed by atoms with van der Waals surface area (Å²) in [6, 6.07) is -0.124. The van der Waals surface area contributed by atoms with Gasteiger partial charge in [-0.3, -0.25) is 14.4 Å². The van der Waals surface area contributed by atoms with Crippen molar-refractivity contribution in [2.24, 2.45) is 5.41 Å². The molecule has 0 spiro atoms. The van der Waals surface area contributed by atoms with Gasteiger partial charge in [0.1, 0.15) is 5.78 Å². The summed E-state index contributed by atoms with van der Waals surface area (Å²) in [6.45, 7) is 6.40. The van der Waals surface area contributed by atoms with Gasteiger partial charge in [0.25, 0.3) is 0 Å². The molecule has 0 bridgehead atoms. The number of nitrogens with one attached hydrogen (secondary N) is 2. The molecule has 0 aliphatic heterocycles. The Hall–Kier alpha value is -1.24. The predicted octanol–water partition coefficient (Wildman–Crippen LogP) is -1.12. The first kappa shape index (κ1) is 23.8. The fourth-order valence-electron chi connectivity index (χ4n) is 2.52. The van der Waals surface area contributed by atoms with Crippen LogP contribution in [-0.4, -0.2) is 58.8 Å². The van der Waals surface area contributed by atoms with E-state index in [0.717, 1.165) is 32.1 Å². The molecule has 0 fully saturated rings. The lowest BCUT2D eigenvalue weighted by atomic mass is 9.88. The van der Waals surface area contributed by atoms with Crippen LogP contribution in [0, 0.1) is 5.41 Å². The lowest BCUT2D eigenvalue weighted by Gasteiger charge is -2.23. The smallest absolute Gasteiger partial charge is 0.222 e. The first-order chi connectivity index (χ1) is 11.6. The Morgan fingerprint density at radius 1 is 1.00 bits per heavy atom. The van der Waals surface area contributed by atoms with Crippen LogP contribution in [0.15, 0.2) is 0 Å². The lowest BCUT2D eigenvalue weighted by molar-refractivity contribution is -0.126. The highest BCUT2D eigenvalue weighted by Crippen LogP contribution is 2.18. The Morgan fingerprint density at radius 2 is 1.60 bits per heavy atom. The number of hydrogen-bond acceptors (Lipinski definition) is 4.